The van der Waals surface area contributed by atoms with Crippen LogP contribution in [0, 0.1) is 0 Å². The van der Waals surface area contributed by atoms with Crippen LogP contribution in [0.5, 0.6) is 0 Å². The number of fused-ring (bicyclic) bond motifs is 1. The molecule has 3 heteroatoms. The number of para-hydroxylation sites is 1. The number of nitrogens with one attached hydrogen (secondary N) is 2. The normalized spacial score (nSPS) is 17.8. The summed E-state index contributed by atoms with van der Waals surface area (Å²) >= 11 is 6.19. The van der Waals surface area contributed by atoms with Gasteiger partial charge in [0.05, 0.1) is 22.4 Å². The SMILES string of the molecule is Clc1cccc2c1NC(c1ccccc1)CN2. The molecule has 2 N–H and O–H groups in total. The van der Waals surface area contributed by atoms with Gasteiger partial charge in [0.15, 0.2) is 0 Å². The zero-order chi connectivity index (χ0) is 11.7. The van der Waals surface area contributed by atoms with E-state index in [1.54, 1.807) is 0 Å². The van der Waals surface area contributed by atoms with Gasteiger partial charge in [-0.05, 0) is 17.7 Å². The highest BCUT2D eigenvalue weighted by molar-refractivity contribution is 6.34. The summed E-state index contributed by atoms with van der Waals surface area (Å²) in [5.74, 6) is 0. The van der Waals surface area contributed by atoms with Crippen molar-refractivity contribution < 1.29 is 0 Å². The van der Waals surface area contributed by atoms with E-state index in [0.717, 1.165) is 22.9 Å². The van der Waals surface area contributed by atoms with Gasteiger partial charge in [0.2, 0.25) is 0 Å². The van der Waals surface area contributed by atoms with Crippen LogP contribution in [0.2, 0.25) is 5.02 Å². The largest absolute Gasteiger partial charge is 0.381 e. The van der Waals surface area contributed by atoms with Crippen LogP contribution >= 0.6 is 11.6 Å². The molecule has 0 fully saturated rings. The molecular weight excluding hydrogens is 232 g/mol. The quantitative estimate of drug-likeness (QED) is 0.795. The van der Waals surface area contributed by atoms with Crippen LogP contribution in [-0.2, 0) is 0 Å². The summed E-state index contributed by atoms with van der Waals surface area (Å²) in [6, 6.07) is 16.6. The van der Waals surface area contributed by atoms with Gasteiger partial charge in [-0.15, -0.1) is 0 Å². The van der Waals surface area contributed by atoms with E-state index in [0.29, 0.717) is 0 Å². The van der Waals surface area contributed by atoms with Crippen molar-refractivity contribution in [3.63, 3.8) is 0 Å². The molecule has 2 aromatic carbocycles. The number of anilines is 2. The third-order valence-corrected chi connectivity index (χ3v) is 3.35. The lowest BCUT2D eigenvalue weighted by atomic mass is 10.0. The Morgan fingerprint density at radius 3 is 2.65 bits per heavy atom. The first-order valence-electron chi connectivity index (χ1n) is 5.68. The second-order valence-corrected chi connectivity index (χ2v) is 4.56. The molecule has 0 amide bonds. The molecule has 17 heavy (non-hydrogen) atoms. The highest BCUT2D eigenvalue weighted by Crippen LogP contribution is 2.36. The molecule has 2 nitrogen and oxygen atoms in total. The lowest BCUT2D eigenvalue weighted by Gasteiger charge is -2.29. The fraction of sp³-hybridized carbons (Fsp3) is 0.143. The number of hydrogen-bond acceptors (Lipinski definition) is 2. The molecule has 1 unspecified atom stereocenters. The van der Waals surface area contributed by atoms with Crippen molar-refractivity contribution in [1.82, 2.24) is 0 Å². The Morgan fingerprint density at radius 1 is 1.00 bits per heavy atom. The summed E-state index contributed by atoms with van der Waals surface area (Å²) in [6.07, 6.45) is 0. The summed E-state index contributed by atoms with van der Waals surface area (Å²) in [7, 11) is 0. The average Bonchev–Trinajstić information content (AvgIpc) is 2.40. The molecule has 0 spiro atoms. The van der Waals surface area contributed by atoms with Gasteiger partial charge < -0.3 is 10.6 Å². The second-order valence-electron chi connectivity index (χ2n) is 4.15. The number of rotatable bonds is 1. The molecule has 2 aromatic rings. The predicted octanol–water partition coefficient (Wildman–Crippen LogP) is 3.92. The van der Waals surface area contributed by atoms with E-state index in [-0.39, 0.29) is 6.04 Å². The second kappa shape index (κ2) is 4.30. The number of halogens is 1. The molecule has 0 aromatic heterocycles. The summed E-state index contributed by atoms with van der Waals surface area (Å²) < 4.78 is 0. The fourth-order valence-electron chi connectivity index (χ4n) is 2.14. The Hall–Kier alpha value is -1.67. The number of benzene rings is 2. The van der Waals surface area contributed by atoms with Crippen LogP contribution in [-0.4, -0.2) is 6.54 Å². The molecule has 1 aliphatic rings. The van der Waals surface area contributed by atoms with E-state index < -0.39 is 0 Å². The zero-order valence-electron chi connectivity index (χ0n) is 9.28. The Kier molecular flexibility index (Phi) is 2.65. The van der Waals surface area contributed by atoms with Gasteiger partial charge in [0.1, 0.15) is 0 Å². The Balaban J connectivity index is 1.93. The Bertz CT molecular complexity index is 525. The predicted molar refractivity (Wildman–Crippen MR) is 72.7 cm³/mol. The maximum Gasteiger partial charge on any atom is 0.0770 e. The molecule has 0 aliphatic carbocycles. The van der Waals surface area contributed by atoms with Gasteiger partial charge in [-0.2, -0.15) is 0 Å². The minimum Gasteiger partial charge on any atom is -0.381 e. The van der Waals surface area contributed by atoms with Crippen molar-refractivity contribution in [1.29, 1.82) is 0 Å². The summed E-state index contributed by atoms with van der Waals surface area (Å²) in [6.45, 7) is 0.872. The number of hydrogen-bond donors (Lipinski definition) is 2. The lowest BCUT2D eigenvalue weighted by molar-refractivity contribution is 0.804. The van der Waals surface area contributed by atoms with Crippen molar-refractivity contribution >= 4 is 23.0 Å². The zero-order valence-corrected chi connectivity index (χ0v) is 10.0. The van der Waals surface area contributed by atoms with E-state index in [1.165, 1.54) is 5.56 Å². The molecule has 3 rings (SSSR count). The van der Waals surface area contributed by atoms with E-state index in [2.05, 4.69) is 34.9 Å². The van der Waals surface area contributed by atoms with E-state index in [1.807, 2.05) is 24.3 Å². The highest BCUT2D eigenvalue weighted by atomic mass is 35.5. The average molecular weight is 245 g/mol. The van der Waals surface area contributed by atoms with Crippen molar-refractivity contribution in [3.05, 3.63) is 59.1 Å². The molecule has 1 aliphatic heterocycles. The van der Waals surface area contributed by atoms with Gasteiger partial charge in [-0.1, -0.05) is 48.0 Å². The first-order chi connectivity index (χ1) is 8.34. The van der Waals surface area contributed by atoms with Crippen LogP contribution in [0.1, 0.15) is 11.6 Å². The topological polar surface area (TPSA) is 24.1 Å². The molecule has 0 radical (unpaired) electrons. The lowest BCUT2D eigenvalue weighted by Crippen LogP contribution is -2.25. The minimum absolute atomic E-state index is 0.267. The molecule has 86 valence electrons. The standard InChI is InChI=1S/C14H13ClN2/c15-11-7-4-8-12-14(11)17-13(9-16-12)10-5-2-1-3-6-10/h1-8,13,16-17H,9H2. The van der Waals surface area contributed by atoms with Crippen LogP contribution in [0.25, 0.3) is 0 Å². The minimum atomic E-state index is 0.267. The Morgan fingerprint density at radius 2 is 1.82 bits per heavy atom. The highest BCUT2D eigenvalue weighted by Gasteiger charge is 2.19. The van der Waals surface area contributed by atoms with Gasteiger partial charge >= 0.3 is 0 Å². The first-order valence-corrected chi connectivity index (χ1v) is 6.06. The molecule has 0 bridgehead atoms. The smallest absolute Gasteiger partial charge is 0.0770 e. The van der Waals surface area contributed by atoms with Crippen molar-refractivity contribution in [2.75, 3.05) is 17.2 Å². The van der Waals surface area contributed by atoms with Gasteiger partial charge in [-0.25, -0.2) is 0 Å². The molecule has 1 heterocycles. The van der Waals surface area contributed by atoms with Gasteiger partial charge in [-0.3, -0.25) is 0 Å². The maximum atomic E-state index is 6.19. The van der Waals surface area contributed by atoms with Crippen LogP contribution in [0.3, 0.4) is 0 Å². The van der Waals surface area contributed by atoms with Crippen molar-refractivity contribution in [3.8, 4) is 0 Å². The van der Waals surface area contributed by atoms with Crippen molar-refractivity contribution in [2.24, 2.45) is 0 Å². The first kappa shape index (κ1) is 10.5. The maximum absolute atomic E-state index is 6.19. The summed E-state index contributed by atoms with van der Waals surface area (Å²) in [5.41, 5.74) is 3.34. The van der Waals surface area contributed by atoms with E-state index in [9.17, 15) is 0 Å². The summed E-state index contributed by atoms with van der Waals surface area (Å²) in [4.78, 5) is 0. The Labute approximate surface area is 106 Å². The van der Waals surface area contributed by atoms with Crippen molar-refractivity contribution in [2.45, 2.75) is 6.04 Å². The monoisotopic (exact) mass is 244 g/mol. The van der Waals surface area contributed by atoms with Gasteiger partial charge in [0, 0.05) is 6.54 Å². The van der Waals surface area contributed by atoms with Crippen LogP contribution in [0.4, 0.5) is 11.4 Å². The molecule has 1 atom stereocenters. The fourth-order valence-corrected chi connectivity index (χ4v) is 2.37. The molecule has 0 saturated carbocycles. The van der Waals surface area contributed by atoms with Gasteiger partial charge in [0.25, 0.3) is 0 Å². The van der Waals surface area contributed by atoms with Crippen LogP contribution < -0.4 is 10.6 Å². The van der Waals surface area contributed by atoms with E-state index in [4.69, 9.17) is 11.6 Å². The molecular formula is C14H13ClN2. The van der Waals surface area contributed by atoms with E-state index >= 15 is 0 Å². The third kappa shape index (κ3) is 1.96. The third-order valence-electron chi connectivity index (χ3n) is 3.03. The van der Waals surface area contributed by atoms with Crippen LogP contribution in [0.15, 0.2) is 48.5 Å². The summed E-state index contributed by atoms with van der Waals surface area (Å²) in [5, 5.41) is 7.65. The molecule has 0 saturated heterocycles.